The molecule has 0 bridgehead atoms. The first-order valence-corrected chi connectivity index (χ1v) is 8.72. The number of methoxy groups -OCH3 is 2. The van der Waals surface area contributed by atoms with Crippen molar-refractivity contribution in [3.63, 3.8) is 0 Å². The highest BCUT2D eigenvalue weighted by atomic mass is 16.5. The summed E-state index contributed by atoms with van der Waals surface area (Å²) in [5.74, 6) is 4.05. The van der Waals surface area contributed by atoms with Crippen LogP contribution in [0.1, 0.15) is 25.6 Å². The smallest absolute Gasteiger partial charge is 0.180 e. The van der Waals surface area contributed by atoms with Crippen LogP contribution in [0.25, 0.3) is 0 Å². The summed E-state index contributed by atoms with van der Waals surface area (Å²) >= 11 is 0. The lowest BCUT2D eigenvalue weighted by atomic mass is 10.3. The van der Waals surface area contributed by atoms with E-state index in [2.05, 4.69) is 22.2 Å². The number of benzene rings is 1. The van der Waals surface area contributed by atoms with Gasteiger partial charge in [-0.25, -0.2) is 9.97 Å². The van der Waals surface area contributed by atoms with Crippen molar-refractivity contribution in [2.24, 2.45) is 0 Å². The minimum absolute atomic E-state index is 0.369. The van der Waals surface area contributed by atoms with Gasteiger partial charge in [0, 0.05) is 24.7 Å². The number of ether oxygens (including phenoxy) is 4. The normalized spacial score (nSPS) is 10.3. The molecule has 1 aromatic carbocycles. The van der Waals surface area contributed by atoms with Gasteiger partial charge in [-0.1, -0.05) is 13.3 Å². The third kappa shape index (κ3) is 5.98. The number of aryl methyl sites for hydroxylation is 1. The standard InChI is InChI=1S/C19H27N3O4/c1-5-6-7-20-19-18(13-21-14(2)22-19)26-9-8-25-17-11-15(23-3)10-16(12-17)24-4/h10-13H,5-9H2,1-4H3,(H,20,21,22). The Bertz CT molecular complexity index is 672. The second-order valence-electron chi connectivity index (χ2n) is 5.66. The second kappa shape index (κ2) is 10.3. The van der Waals surface area contributed by atoms with Gasteiger partial charge in [-0.05, 0) is 13.3 Å². The molecule has 0 saturated heterocycles. The SMILES string of the molecule is CCCCNc1nc(C)ncc1OCCOc1cc(OC)cc(OC)c1. The summed E-state index contributed by atoms with van der Waals surface area (Å²) in [6.07, 6.45) is 3.87. The summed E-state index contributed by atoms with van der Waals surface area (Å²) in [6.45, 7) is 5.60. The molecule has 0 spiro atoms. The van der Waals surface area contributed by atoms with Crippen molar-refractivity contribution in [3.05, 3.63) is 30.2 Å². The van der Waals surface area contributed by atoms with Crippen molar-refractivity contribution >= 4 is 5.82 Å². The molecule has 0 amide bonds. The van der Waals surface area contributed by atoms with Crippen LogP contribution < -0.4 is 24.3 Å². The molecule has 0 aliphatic heterocycles. The van der Waals surface area contributed by atoms with Crippen molar-refractivity contribution in [1.29, 1.82) is 0 Å². The fourth-order valence-corrected chi connectivity index (χ4v) is 2.25. The van der Waals surface area contributed by atoms with Crippen LogP contribution in [-0.4, -0.2) is 43.9 Å². The zero-order valence-electron chi connectivity index (χ0n) is 15.9. The van der Waals surface area contributed by atoms with Crippen molar-refractivity contribution in [1.82, 2.24) is 9.97 Å². The van der Waals surface area contributed by atoms with Crippen molar-refractivity contribution in [2.75, 3.05) is 39.3 Å². The number of hydrogen-bond donors (Lipinski definition) is 1. The predicted molar refractivity (Wildman–Crippen MR) is 101 cm³/mol. The maximum atomic E-state index is 5.78. The molecule has 1 N–H and O–H groups in total. The minimum atomic E-state index is 0.369. The maximum absolute atomic E-state index is 5.78. The second-order valence-corrected chi connectivity index (χ2v) is 5.66. The number of nitrogens with one attached hydrogen (secondary N) is 1. The van der Waals surface area contributed by atoms with Gasteiger partial charge in [-0.15, -0.1) is 0 Å². The van der Waals surface area contributed by atoms with Crippen molar-refractivity contribution in [3.8, 4) is 23.0 Å². The Balaban J connectivity index is 1.89. The Hall–Kier alpha value is -2.70. The first-order chi connectivity index (χ1) is 12.7. The zero-order chi connectivity index (χ0) is 18.8. The molecule has 0 saturated carbocycles. The van der Waals surface area contributed by atoms with E-state index in [1.54, 1.807) is 38.6 Å². The van der Waals surface area contributed by atoms with E-state index in [-0.39, 0.29) is 0 Å². The highest BCUT2D eigenvalue weighted by Gasteiger charge is 2.07. The Labute approximate surface area is 154 Å². The lowest BCUT2D eigenvalue weighted by molar-refractivity contribution is 0.215. The average molecular weight is 361 g/mol. The van der Waals surface area contributed by atoms with Gasteiger partial charge in [0.25, 0.3) is 0 Å². The molecule has 2 rings (SSSR count). The van der Waals surface area contributed by atoms with Crippen LogP contribution in [0, 0.1) is 6.92 Å². The number of anilines is 1. The number of hydrogen-bond acceptors (Lipinski definition) is 7. The van der Waals surface area contributed by atoms with Gasteiger partial charge in [0.2, 0.25) is 0 Å². The molecule has 0 aliphatic carbocycles. The molecule has 0 radical (unpaired) electrons. The van der Waals surface area contributed by atoms with Gasteiger partial charge in [0.05, 0.1) is 20.4 Å². The Morgan fingerprint density at radius 1 is 0.962 bits per heavy atom. The highest BCUT2D eigenvalue weighted by Crippen LogP contribution is 2.27. The van der Waals surface area contributed by atoms with E-state index in [0.717, 1.165) is 19.4 Å². The van der Waals surface area contributed by atoms with Crippen LogP contribution in [0.5, 0.6) is 23.0 Å². The monoisotopic (exact) mass is 361 g/mol. The van der Waals surface area contributed by atoms with Gasteiger partial charge >= 0.3 is 0 Å². The van der Waals surface area contributed by atoms with Crippen molar-refractivity contribution < 1.29 is 18.9 Å². The van der Waals surface area contributed by atoms with E-state index < -0.39 is 0 Å². The lowest BCUT2D eigenvalue weighted by Gasteiger charge is -2.13. The molecule has 26 heavy (non-hydrogen) atoms. The van der Waals surface area contributed by atoms with Gasteiger partial charge in [0.15, 0.2) is 11.6 Å². The summed E-state index contributed by atoms with van der Waals surface area (Å²) in [5, 5.41) is 3.29. The maximum Gasteiger partial charge on any atom is 0.180 e. The van der Waals surface area contributed by atoms with Crippen LogP contribution in [0.2, 0.25) is 0 Å². The van der Waals surface area contributed by atoms with Crippen LogP contribution in [0.4, 0.5) is 5.82 Å². The third-order valence-corrected chi connectivity index (χ3v) is 3.63. The number of aromatic nitrogens is 2. The van der Waals surface area contributed by atoms with Crippen LogP contribution in [0.15, 0.2) is 24.4 Å². The molecule has 2 aromatic rings. The molecule has 1 aromatic heterocycles. The van der Waals surface area contributed by atoms with E-state index in [9.17, 15) is 0 Å². The van der Waals surface area contributed by atoms with E-state index >= 15 is 0 Å². The molecule has 142 valence electrons. The fraction of sp³-hybridized carbons (Fsp3) is 0.474. The lowest BCUT2D eigenvalue weighted by Crippen LogP contribution is -2.12. The first kappa shape index (κ1) is 19.6. The summed E-state index contributed by atoms with van der Waals surface area (Å²) in [7, 11) is 3.21. The summed E-state index contributed by atoms with van der Waals surface area (Å²) < 4.78 is 22.0. The van der Waals surface area contributed by atoms with E-state index in [4.69, 9.17) is 18.9 Å². The van der Waals surface area contributed by atoms with Gasteiger partial charge < -0.3 is 24.3 Å². The molecule has 0 atom stereocenters. The van der Waals surface area contributed by atoms with Crippen LogP contribution in [-0.2, 0) is 0 Å². The van der Waals surface area contributed by atoms with Gasteiger partial charge in [0.1, 0.15) is 36.3 Å². The summed E-state index contributed by atoms with van der Waals surface area (Å²) in [6, 6.07) is 5.39. The predicted octanol–water partition coefficient (Wildman–Crippen LogP) is 3.47. The molecule has 7 nitrogen and oxygen atoms in total. The summed E-state index contributed by atoms with van der Waals surface area (Å²) in [5.41, 5.74) is 0. The quantitative estimate of drug-likeness (QED) is 0.614. The largest absolute Gasteiger partial charge is 0.496 e. The molecular weight excluding hydrogens is 334 g/mol. The summed E-state index contributed by atoms with van der Waals surface area (Å²) in [4.78, 5) is 8.61. The van der Waals surface area contributed by atoms with E-state index in [0.29, 0.717) is 47.9 Å². The average Bonchev–Trinajstić information content (AvgIpc) is 2.66. The molecule has 0 fully saturated rings. The molecular formula is C19H27N3O4. The van der Waals surface area contributed by atoms with Crippen LogP contribution >= 0.6 is 0 Å². The Morgan fingerprint density at radius 2 is 1.62 bits per heavy atom. The third-order valence-electron chi connectivity index (χ3n) is 3.63. The van der Waals surface area contributed by atoms with Crippen molar-refractivity contribution in [2.45, 2.75) is 26.7 Å². The van der Waals surface area contributed by atoms with Crippen LogP contribution in [0.3, 0.4) is 0 Å². The van der Waals surface area contributed by atoms with E-state index in [1.807, 2.05) is 6.92 Å². The molecule has 0 unspecified atom stereocenters. The minimum Gasteiger partial charge on any atom is -0.496 e. The van der Waals surface area contributed by atoms with E-state index in [1.165, 1.54) is 0 Å². The number of nitrogens with zero attached hydrogens (tertiary/aromatic N) is 2. The number of rotatable bonds is 11. The fourth-order valence-electron chi connectivity index (χ4n) is 2.25. The molecule has 1 heterocycles. The molecule has 0 aliphatic rings. The van der Waals surface area contributed by atoms with Gasteiger partial charge in [-0.3, -0.25) is 0 Å². The highest BCUT2D eigenvalue weighted by molar-refractivity contribution is 5.48. The number of unbranched alkanes of at least 4 members (excludes halogenated alkanes) is 1. The Morgan fingerprint density at radius 3 is 2.27 bits per heavy atom. The first-order valence-electron chi connectivity index (χ1n) is 8.72. The molecule has 7 heteroatoms. The van der Waals surface area contributed by atoms with Gasteiger partial charge in [-0.2, -0.15) is 0 Å². The zero-order valence-corrected chi connectivity index (χ0v) is 15.9. The topological polar surface area (TPSA) is 74.7 Å². The Kier molecular flexibility index (Phi) is 7.79.